The van der Waals surface area contributed by atoms with Crippen LogP contribution >= 0.6 is 35.7 Å². The van der Waals surface area contributed by atoms with Gasteiger partial charge in [0.05, 0.1) is 6.61 Å². The largest absolute Gasteiger partial charge is 0.381 e. The Morgan fingerprint density at radius 3 is 2.81 bits per heavy atom. The lowest BCUT2D eigenvalue weighted by Gasteiger charge is -2.28. The summed E-state index contributed by atoms with van der Waals surface area (Å²) in [4.78, 5) is 9.14. The standard InChI is InChI=1S/C14H28N4OS.HI/c1-15-14(17(2)11-13-3-8-19-12-13)16-4-5-18-6-9-20-10-7-18;/h13H,3-12H2,1-2H3,(H,15,16);1H. The Labute approximate surface area is 150 Å². The molecule has 2 aliphatic rings. The Balaban J connectivity index is 0.00000220. The topological polar surface area (TPSA) is 40.1 Å². The summed E-state index contributed by atoms with van der Waals surface area (Å²) >= 11 is 2.06. The quantitative estimate of drug-likeness (QED) is 0.405. The number of nitrogens with zero attached hydrogens (tertiary/aromatic N) is 3. The van der Waals surface area contributed by atoms with Crippen molar-refractivity contribution in [3.8, 4) is 0 Å². The van der Waals surface area contributed by atoms with Crippen LogP contribution in [0.5, 0.6) is 0 Å². The van der Waals surface area contributed by atoms with E-state index in [9.17, 15) is 0 Å². The van der Waals surface area contributed by atoms with Crippen LogP contribution in [0.15, 0.2) is 4.99 Å². The van der Waals surface area contributed by atoms with Crippen LogP contribution in [0.4, 0.5) is 0 Å². The van der Waals surface area contributed by atoms with Crippen LogP contribution in [-0.4, -0.2) is 87.3 Å². The van der Waals surface area contributed by atoms with Gasteiger partial charge >= 0.3 is 0 Å². The number of thioether (sulfide) groups is 1. The number of hydrogen-bond donors (Lipinski definition) is 1. The van der Waals surface area contributed by atoms with E-state index in [2.05, 4.69) is 38.9 Å². The van der Waals surface area contributed by atoms with E-state index in [-0.39, 0.29) is 24.0 Å². The molecule has 0 aromatic heterocycles. The lowest BCUT2D eigenvalue weighted by molar-refractivity contribution is 0.181. The maximum absolute atomic E-state index is 5.44. The molecule has 0 saturated carbocycles. The van der Waals surface area contributed by atoms with E-state index in [0.717, 1.165) is 38.8 Å². The molecule has 7 heteroatoms. The summed E-state index contributed by atoms with van der Waals surface area (Å²) in [5, 5.41) is 3.48. The summed E-state index contributed by atoms with van der Waals surface area (Å²) in [7, 11) is 3.98. The van der Waals surface area contributed by atoms with Gasteiger partial charge in [0.15, 0.2) is 5.96 Å². The number of ether oxygens (including phenoxy) is 1. The fourth-order valence-corrected chi connectivity index (χ4v) is 3.72. The number of halogens is 1. The molecule has 0 aliphatic carbocycles. The second kappa shape index (κ2) is 10.9. The van der Waals surface area contributed by atoms with Gasteiger partial charge in [-0.15, -0.1) is 24.0 Å². The van der Waals surface area contributed by atoms with Crippen molar-refractivity contribution in [3.63, 3.8) is 0 Å². The van der Waals surface area contributed by atoms with Crippen molar-refractivity contribution in [2.75, 3.05) is 71.5 Å². The zero-order valence-corrected chi connectivity index (χ0v) is 16.4. The van der Waals surface area contributed by atoms with E-state index in [1.165, 1.54) is 31.0 Å². The number of hydrogen-bond acceptors (Lipinski definition) is 4. The molecule has 0 radical (unpaired) electrons. The van der Waals surface area contributed by atoms with Gasteiger partial charge in [-0.25, -0.2) is 0 Å². The highest BCUT2D eigenvalue weighted by Crippen LogP contribution is 2.13. The lowest BCUT2D eigenvalue weighted by Crippen LogP contribution is -2.45. The van der Waals surface area contributed by atoms with Gasteiger partial charge in [-0.05, 0) is 6.42 Å². The Hall–Kier alpha value is 0.270. The van der Waals surface area contributed by atoms with Gasteiger partial charge in [-0.3, -0.25) is 9.89 Å². The maximum atomic E-state index is 5.44. The van der Waals surface area contributed by atoms with Crippen molar-refractivity contribution >= 4 is 41.7 Å². The van der Waals surface area contributed by atoms with E-state index in [1.807, 2.05) is 7.05 Å². The molecule has 2 rings (SSSR count). The molecule has 1 unspecified atom stereocenters. The second-order valence-electron chi connectivity index (χ2n) is 5.54. The first-order chi connectivity index (χ1) is 9.79. The Kier molecular flexibility index (Phi) is 10.0. The first-order valence-electron chi connectivity index (χ1n) is 7.59. The minimum atomic E-state index is 0. The van der Waals surface area contributed by atoms with E-state index in [1.54, 1.807) is 0 Å². The molecule has 2 fully saturated rings. The first-order valence-corrected chi connectivity index (χ1v) is 8.74. The van der Waals surface area contributed by atoms with Crippen molar-refractivity contribution in [3.05, 3.63) is 0 Å². The van der Waals surface area contributed by atoms with Crippen LogP contribution < -0.4 is 5.32 Å². The van der Waals surface area contributed by atoms with Crippen LogP contribution in [-0.2, 0) is 4.74 Å². The monoisotopic (exact) mass is 428 g/mol. The van der Waals surface area contributed by atoms with Crippen molar-refractivity contribution in [2.24, 2.45) is 10.9 Å². The molecule has 124 valence electrons. The zero-order valence-electron chi connectivity index (χ0n) is 13.2. The molecule has 5 nitrogen and oxygen atoms in total. The molecule has 0 aromatic carbocycles. The number of nitrogens with one attached hydrogen (secondary N) is 1. The van der Waals surface area contributed by atoms with Gasteiger partial charge in [-0.2, -0.15) is 11.8 Å². The van der Waals surface area contributed by atoms with Gasteiger partial charge < -0.3 is 15.0 Å². The number of aliphatic imine (C=N–C) groups is 1. The minimum absolute atomic E-state index is 0. The fourth-order valence-electron chi connectivity index (χ4n) is 2.74. The van der Waals surface area contributed by atoms with Crippen LogP contribution in [0, 0.1) is 5.92 Å². The fraction of sp³-hybridized carbons (Fsp3) is 0.929. The van der Waals surface area contributed by atoms with Crippen molar-refractivity contribution < 1.29 is 4.74 Å². The van der Waals surface area contributed by atoms with Crippen molar-refractivity contribution in [2.45, 2.75) is 6.42 Å². The third-order valence-corrected chi connectivity index (χ3v) is 4.89. The SMILES string of the molecule is CN=C(NCCN1CCSCC1)N(C)CC1CCOC1.I. The Morgan fingerprint density at radius 1 is 1.43 bits per heavy atom. The molecular formula is C14H29IN4OS. The molecule has 2 heterocycles. The molecule has 21 heavy (non-hydrogen) atoms. The maximum Gasteiger partial charge on any atom is 0.193 e. The summed E-state index contributed by atoms with van der Waals surface area (Å²) in [6, 6.07) is 0. The predicted molar refractivity (Wildman–Crippen MR) is 102 cm³/mol. The second-order valence-corrected chi connectivity index (χ2v) is 6.76. The van der Waals surface area contributed by atoms with Gasteiger partial charge in [0, 0.05) is 70.8 Å². The molecule has 1 atom stereocenters. The summed E-state index contributed by atoms with van der Waals surface area (Å²) in [6.07, 6.45) is 1.17. The van der Waals surface area contributed by atoms with Crippen LogP contribution in [0.2, 0.25) is 0 Å². The molecule has 0 amide bonds. The third kappa shape index (κ3) is 6.92. The smallest absolute Gasteiger partial charge is 0.193 e. The third-order valence-electron chi connectivity index (χ3n) is 3.94. The summed E-state index contributed by atoms with van der Waals surface area (Å²) in [5.41, 5.74) is 0. The molecule has 2 saturated heterocycles. The van der Waals surface area contributed by atoms with Gasteiger partial charge in [0.25, 0.3) is 0 Å². The average molecular weight is 428 g/mol. The van der Waals surface area contributed by atoms with Crippen LogP contribution in [0.25, 0.3) is 0 Å². The van der Waals surface area contributed by atoms with E-state index < -0.39 is 0 Å². The van der Waals surface area contributed by atoms with Crippen molar-refractivity contribution in [1.82, 2.24) is 15.1 Å². The van der Waals surface area contributed by atoms with Crippen LogP contribution in [0.3, 0.4) is 0 Å². The first kappa shape index (κ1) is 19.3. The highest BCUT2D eigenvalue weighted by atomic mass is 127. The lowest BCUT2D eigenvalue weighted by atomic mass is 10.1. The minimum Gasteiger partial charge on any atom is -0.381 e. The average Bonchev–Trinajstić information content (AvgIpc) is 2.97. The number of rotatable bonds is 5. The Bertz CT molecular complexity index is 307. The van der Waals surface area contributed by atoms with E-state index in [0.29, 0.717) is 5.92 Å². The molecule has 1 N–H and O–H groups in total. The summed E-state index contributed by atoms with van der Waals surface area (Å²) in [5.74, 6) is 4.20. The highest BCUT2D eigenvalue weighted by molar-refractivity contribution is 14.0. The highest BCUT2D eigenvalue weighted by Gasteiger charge is 2.19. The number of guanidine groups is 1. The molecule has 0 aromatic rings. The molecule has 0 spiro atoms. The van der Waals surface area contributed by atoms with Gasteiger partial charge in [0.2, 0.25) is 0 Å². The normalized spacial score (nSPS) is 23.7. The molecular weight excluding hydrogens is 399 g/mol. The van der Waals surface area contributed by atoms with Gasteiger partial charge in [-0.1, -0.05) is 0 Å². The Morgan fingerprint density at radius 2 is 2.19 bits per heavy atom. The van der Waals surface area contributed by atoms with E-state index >= 15 is 0 Å². The van der Waals surface area contributed by atoms with Crippen LogP contribution in [0.1, 0.15) is 6.42 Å². The zero-order chi connectivity index (χ0) is 14.2. The molecule has 0 bridgehead atoms. The van der Waals surface area contributed by atoms with E-state index in [4.69, 9.17) is 4.74 Å². The summed E-state index contributed by atoms with van der Waals surface area (Å²) in [6.45, 7) is 7.37. The summed E-state index contributed by atoms with van der Waals surface area (Å²) < 4.78 is 5.44. The predicted octanol–water partition coefficient (Wildman–Crippen LogP) is 1.20. The van der Waals surface area contributed by atoms with Crippen molar-refractivity contribution in [1.29, 1.82) is 0 Å². The molecule has 2 aliphatic heterocycles. The van der Waals surface area contributed by atoms with Gasteiger partial charge in [0.1, 0.15) is 0 Å².